The van der Waals surface area contributed by atoms with Crippen LogP contribution in [0.2, 0.25) is 0 Å². The largest absolute Gasteiger partial charge is 0.393 e. The van der Waals surface area contributed by atoms with E-state index in [-0.39, 0.29) is 11.8 Å². The van der Waals surface area contributed by atoms with Gasteiger partial charge in [0.2, 0.25) is 0 Å². The summed E-state index contributed by atoms with van der Waals surface area (Å²) in [7, 11) is 0. The molecule has 2 atom stereocenters. The summed E-state index contributed by atoms with van der Waals surface area (Å²) in [5.74, 6) is 0.139. The molecule has 0 saturated carbocycles. The van der Waals surface area contributed by atoms with Crippen LogP contribution >= 0.6 is 0 Å². The Hall–Kier alpha value is -2.34. The lowest BCUT2D eigenvalue weighted by Gasteiger charge is -2.26. The van der Waals surface area contributed by atoms with Gasteiger partial charge in [0.1, 0.15) is 5.82 Å². The number of rotatable bonds is 1. The molecular formula is C17H20N4O2. The standard InChI is InChI=1S/C17H20N4O2/c18-16-13-9-10(22)5-6-15(13)21(20-16)17(23)12-7-8-19-14-4-2-1-3-11(12)14/h1-4,10,12,19,22H,5-9H2,(H2,18,20)/t10-,12+/m0/s1. The molecule has 1 aliphatic carbocycles. The molecule has 6 heteroatoms. The molecule has 1 aliphatic heterocycles. The number of hydrogen-bond acceptors (Lipinski definition) is 5. The van der Waals surface area contributed by atoms with Crippen LogP contribution in [0.3, 0.4) is 0 Å². The van der Waals surface area contributed by atoms with E-state index in [9.17, 15) is 9.90 Å². The third-order valence-electron chi connectivity index (χ3n) is 4.87. The highest BCUT2D eigenvalue weighted by atomic mass is 16.3. The van der Waals surface area contributed by atoms with Crippen LogP contribution in [0.4, 0.5) is 11.5 Å². The summed E-state index contributed by atoms with van der Waals surface area (Å²) in [6, 6.07) is 7.91. The number of aromatic nitrogens is 2. The first-order valence-corrected chi connectivity index (χ1v) is 8.06. The first-order valence-electron chi connectivity index (χ1n) is 8.06. The van der Waals surface area contributed by atoms with Crippen LogP contribution < -0.4 is 11.1 Å². The number of nitrogen functional groups attached to an aromatic ring is 1. The van der Waals surface area contributed by atoms with Crippen molar-refractivity contribution in [1.29, 1.82) is 0 Å². The zero-order valence-electron chi connectivity index (χ0n) is 12.8. The van der Waals surface area contributed by atoms with Gasteiger partial charge in [0.15, 0.2) is 0 Å². The Morgan fingerprint density at radius 2 is 2.17 bits per heavy atom. The van der Waals surface area contributed by atoms with Gasteiger partial charge in [-0.3, -0.25) is 4.79 Å². The monoisotopic (exact) mass is 312 g/mol. The Morgan fingerprint density at radius 3 is 3.04 bits per heavy atom. The molecule has 0 saturated heterocycles. The molecule has 4 N–H and O–H groups in total. The third-order valence-corrected chi connectivity index (χ3v) is 4.87. The van der Waals surface area contributed by atoms with Gasteiger partial charge in [-0.05, 0) is 30.9 Å². The fraction of sp³-hybridized carbons (Fsp3) is 0.412. The van der Waals surface area contributed by atoms with Gasteiger partial charge in [0.25, 0.3) is 5.91 Å². The molecule has 0 bridgehead atoms. The number of para-hydroxylation sites is 1. The molecule has 23 heavy (non-hydrogen) atoms. The maximum Gasteiger partial charge on any atom is 0.254 e. The number of nitrogens with zero attached hydrogens (tertiary/aromatic N) is 2. The quantitative estimate of drug-likeness (QED) is 0.743. The summed E-state index contributed by atoms with van der Waals surface area (Å²) >= 11 is 0. The Balaban J connectivity index is 1.73. The Bertz CT molecular complexity index is 768. The molecule has 1 aromatic carbocycles. The van der Waals surface area contributed by atoms with Crippen molar-refractivity contribution >= 4 is 17.4 Å². The summed E-state index contributed by atoms with van der Waals surface area (Å²) in [5.41, 5.74) is 9.71. The topological polar surface area (TPSA) is 93.2 Å². The highest BCUT2D eigenvalue weighted by Gasteiger charge is 2.32. The summed E-state index contributed by atoms with van der Waals surface area (Å²) in [6.07, 6.45) is 2.12. The molecule has 4 rings (SSSR count). The van der Waals surface area contributed by atoms with E-state index in [0.717, 1.165) is 35.5 Å². The lowest BCUT2D eigenvalue weighted by Crippen LogP contribution is -2.30. The van der Waals surface area contributed by atoms with Gasteiger partial charge in [-0.15, -0.1) is 5.10 Å². The number of aliphatic hydroxyl groups is 1. The summed E-state index contributed by atoms with van der Waals surface area (Å²) in [6.45, 7) is 0.769. The lowest BCUT2D eigenvalue weighted by atomic mass is 9.89. The number of anilines is 2. The van der Waals surface area contributed by atoms with Crippen molar-refractivity contribution in [3.63, 3.8) is 0 Å². The maximum atomic E-state index is 13.1. The van der Waals surface area contributed by atoms with Gasteiger partial charge < -0.3 is 16.2 Å². The molecule has 0 unspecified atom stereocenters. The number of hydrogen-bond donors (Lipinski definition) is 3. The number of carbonyl (C=O) groups excluding carboxylic acids is 1. The van der Waals surface area contributed by atoms with Crippen molar-refractivity contribution < 1.29 is 9.90 Å². The van der Waals surface area contributed by atoms with Crippen LogP contribution in [-0.2, 0) is 12.8 Å². The van der Waals surface area contributed by atoms with E-state index in [1.165, 1.54) is 4.68 Å². The van der Waals surface area contributed by atoms with E-state index < -0.39 is 6.10 Å². The maximum absolute atomic E-state index is 13.1. The normalized spacial score (nSPS) is 22.8. The number of carbonyl (C=O) groups is 1. The van der Waals surface area contributed by atoms with Gasteiger partial charge >= 0.3 is 0 Å². The minimum Gasteiger partial charge on any atom is -0.393 e. The smallest absolute Gasteiger partial charge is 0.254 e. The molecule has 6 nitrogen and oxygen atoms in total. The first-order chi connectivity index (χ1) is 11.1. The molecule has 2 aliphatic rings. The Labute approximate surface area is 134 Å². The van der Waals surface area contributed by atoms with Crippen molar-refractivity contribution in [3.8, 4) is 0 Å². The van der Waals surface area contributed by atoms with E-state index in [1.54, 1.807) is 0 Å². The van der Waals surface area contributed by atoms with Crippen LogP contribution in [0.1, 0.15) is 40.4 Å². The molecule has 120 valence electrons. The molecule has 0 fully saturated rings. The number of nitrogens with two attached hydrogens (primary N) is 1. The predicted octanol–water partition coefficient (Wildman–Crippen LogP) is 1.55. The summed E-state index contributed by atoms with van der Waals surface area (Å²) < 4.78 is 1.49. The molecule has 2 heterocycles. The minimum atomic E-state index is -0.392. The second-order valence-electron chi connectivity index (χ2n) is 6.31. The van der Waals surface area contributed by atoms with Crippen LogP contribution in [0.5, 0.6) is 0 Å². The van der Waals surface area contributed by atoms with Crippen molar-refractivity contribution in [2.45, 2.75) is 37.7 Å². The van der Waals surface area contributed by atoms with E-state index in [1.807, 2.05) is 24.3 Å². The van der Waals surface area contributed by atoms with Crippen molar-refractivity contribution in [1.82, 2.24) is 9.78 Å². The first kappa shape index (κ1) is 14.3. The van der Waals surface area contributed by atoms with Gasteiger partial charge in [-0.25, -0.2) is 4.68 Å². The molecular weight excluding hydrogens is 292 g/mol. The fourth-order valence-electron chi connectivity index (χ4n) is 3.68. The average molecular weight is 312 g/mol. The third kappa shape index (κ3) is 2.30. The number of fused-ring (bicyclic) bond motifs is 2. The molecule has 1 aromatic heterocycles. The van der Waals surface area contributed by atoms with Crippen LogP contribution in [0.25, 0.3) is 0 Å². The average Bonchev–Trinajstić information content (AvgIpc) is 2.90. The number of benzene rings is 1. The van der Waals surface area contributed by atoms with E-state index >= 15 is 0 Å². The van der Waals surface area contributed by atoms with E-state index in [2.05, 4.69) is 10.4 Å². The highest BCUT2D eigenvalue weighted by molar-refractivity contribution is 5.89. The second-order valence-corrected chi connectivity index (χ2v) is 6.31. The minimum absolute atomic E-state index is 0.0247. The summed E-state index contributed by atoms with van der Waals surface area (Å²) in [4.78, 5) is 13.1. The molecule has 0 radical (unpaired) electrons. The zero-order valence-corrected chi connectivity index (χ0v) is 12.8. The van der Waals surface area contributed by atoms with Gasteiger partial charge in [-0.2, -0.15) is 0 Å². The van der Waals surface area contributed by atoms with Gasteiger partial charge in [-0.1, -0.05) is 18.2 Å². The Kier molecular flexibility index (Phi) is 3.34. The van der Waals surface area contributed by atoms with Gasteiger partial charge in [0.05, 0.1) is 17.7 Å². The number of nitrogens with one attached hydrogen (secondary N) is 1. The SMILES string of the molecule is Nc1nn(C(=O)[C@@H]2CCNc3ccccc32)c2c1C[C@@H](O)CC2. The highest BCUT2D eigenvalue weighted by Crippen LogP contribution is 2.34. The Morgan fingerprint density at radius 1 is 1.35 bits per heavy atom. The van der Waals surface area contributed by atoms with Gasteiger partial charge in [0, 0.05) is 24.2 Å². The van der Waals surface area contributed by atoms with Crippen molar-refractivity contribution in [3.05, 3.63) is 41.1 Å². The van der Waals surface area contributed by atoms with Crippen LogP contribution in [-0.4, -0.2) is 33.4 Å². The summed E-state index contributed by atoms with van der Waals surface area (Å²) in [5, 5.41) is 17.4. The van der Waals surface area contributed by atoms with Crippen LogP contribution in [0, 0.1) is 0 Å². The zero-order chi connectivity index (χ0) is 16.0. The number of aliphatic hydroxyl groups excluding tert-OH is 1. The van der Waals surface area contributed by atoms with Crippen LogP contribution in [0.15, 0.2) is 24.3 Å². The van der Waals surface area contributed by atoms with E-state index in [0.29, 0.717) is 25.1 Å². The second kappa shape index (κ2) is 5.38. The molecule has 2 aromatic rings. The van der Waals surface area contributed by atoms with E-state index in [4.69, 9.17) is 5.73 Å². The predicted molar refractivity (Wildman–Crippen MR) is 87.6 cm³/mol. The van der Waals surface area contributed by atoms with Crippen molar-refractivity contribution in [2.75, 3.05) is 17.6 Å². The molecule has 0 spiro atoms. The molecule has 0 amide bonds. The fourth-order valence-corrected chi connectivity index (χ4v) is 3.68. The lowest BCUT2D eigenvalue weighted by molar-refractivity contribution is 0.0848. The van der Waals surface area contributed by atoms with Crippen molar-refractivity contribution in [2.24, 2.45) is 0 Å².